The molecule has 0 spiro atoms. The zero-order valence-electron chi connectivity index (χ0n) is 18.4. The van der Waals surface area contributed by atoms with Gasteiger partial charge < -0.3 is 0 Å². The van der Waals surface area contributed by atoms with Crippen LogP contribution in [0.5, 0.6) is 0 Å². The van der Waals surface area contributed by atoms with Crippen LogP contribution < -0.4 is 0 Å². The summed E-state index contributed by atoms with van der Waals surface area (Å²) < 4.78 is 0. The highest BCUT2D eigenvalue weighted by molar-refractivity contribution is 6.00. The molecule has 0 unspecified atom stereocenters. The van der Waals surface area contributed by atoms with E-state index in [9.17, 15) is 5.26 Å². The molecule has 0 atom stereocenters. The van der Waals surface area contributed by atoms with E-state index >= 15 is 0 Å². The summed E-state index contributed by atoms with van der Waals surface area (Å²) in [6, 6.07) is 28.0. The van der Waals surface area contributed by atoms with Crippen molar-refractivity contribution in [3.8, 4) is 28.3 Å². The Morgan fingerprint density at radius 3 is 1.90 bits per heavy atom. The van der Waals surface area contributed by atoms with Gasteiger partial charge in [0.25, 0.3) is 0 Å². The standard InChI is InChI=1S/C29H27N/c1-19-16-22(26-14-11-23(18-30)25-8-6-7-9-27(25)26)10-13-24(19)21-12-15-28(20(2)17-21)29(3,4)5/h6-17H,1-5H3. The molecule has 0 aromatic heterocycles. The van der Waals surface area contributed by atoms with Crippen LogP contribution in [0.2, 0.25) is 0 Å². The molecular formula is C29H27N. The summed E-state index contributed by atoms with van der Waals surface area (Å²) in [5, 5.41) is 11.6. The van der Waals surface area contributed by atoms with Gasteiger partial charge in [0.2, 0.25) is 0 Å². The Hall–Kier alpha value is -3.37. The van der Waals surface area contributed by atoms with Gasteiger partial charge in [-0.25, -0.2) is 0 Å². The van der Waals surface area contributed by atoms with Gasteiger partial charge in [-0.1, -0.05) is 87.5 Å². The maximum absolute atomic E-state index is 9.45. The lowest BCUT2D eigenvalue weighted by molar-refractivity contribution is 0.586. The first-order chi connectivity index (χ1) is 14.3. The van der Waals surface area contributed by atoms with Crippen LogP contribution in [0.25, 0.3) is 33.0 Å². The van der Waals surface area contributed by atoms with Gasteiger partial charge in [0, 0.05) is 5.39 Å². The summed E-state index contributed by atoms with van der Waals surface area (Å²) >= 11 is 0. The average Bonchev–Trinajstić information content (AvgIpc) is 2.72. The third kappa shape index (κ3) is 3.51. The second-order valence-electron chi connectivity index (χ2n) is 9.13. The Kier molecular flexibility index (Phi) is 4.96. The number of fused-ring (bicyclic) bond motifs is 1. The highest BCUT2D eigenvalue weighted by Crippen LogP contribution is 2.35. The number of nitriles is 1. The first kappa shape index (κ1) is 19.9. The Morgan fingerprint density at radius 1 is 0.667 bits per heavy atom. The lowest BCUT2D eigenvalue weighted by Crippen LogP contribution is -2.12. The summed E-state index contributed by atoms with van der Waals surface area (Å²) in [7, 11) is 0. The molecular weight excluding hydrogens is 362 g/mol. The van der Waals surface area contributed by atoms with Crippen molar-refractivity contribution in [3.05, 3.63) is 95.1 Å². The summed E-state index contributed by atoms with van der Waals surface area (Å²) in [5.41, 5.74) is 9.72. The second kappa shape index (κ2) is 7.47. The van der Waals surface area contributed by atoms with Crippen LogP contribution in [0.3, 0.4) is 0 Å². The smallest absolute Gasteiger partial charge is 0.0998 e. The molecule has 4 rings (SSSR count). The highest BCUT2D eigenvalue weighted by atomic mass is 14.2. The van der Waals surface area contributed by atoms with Gasteiger partial charge >= 0.3 is 0 Å². The van der Waals surface area contributed by atoms with Crippen LogP contribution in [0.4, 0.5) is 0 Å². The van der Waals surface area contributed by atoms with E-state index in [0.717, 1.165) is 16.3 Å². The largest absolute Gasteiger partial charge is 0.192 e. The maximum atomic E-state index is 9.45. The third-order valence-corrected chi connectivity index (χ3v) is 5.93. The molecule has 0 aliphatic rings. The van der Waals surface area contributed by atoms with Crippen molar-refractivity contribution >= 4 is 10.8 Å². The van der Waals surface area contributed by atoms with Crippen molar-refractivity contribution in [1.82, 2.24) is 0 Å². The van der Waals surface area contributed by atoms with Gasteiger partial charge in [0.15, 0.2) is 0 Å². The van der Waals surface area contributed by atoms with Crippen molar-refractivity contribution < 1.29 is 0 Å². The van der Waals surface area contributed by atoms with E-state index < -0.39 is 0 Å². The fraction of sp³-hybridized carbons (Fsp3) is 0.207. The molecule has 4 aromatic rings. The molecule has 1 heteroatoms. The number of aryl methyl sites for hydroxylation is 2. The quantitative estimate of drug-likeness (QED) is 0.341. The van der Waals surface area contributed by atoms with E-state index in [1.807, 2.05) is 24.3 Å². The summed E-state index contributed by atoms with van der Waals surface area (Å²) in [4.78, 5) is 0. The Balaban J connectivity index is 1.80. The minimum Gasteiger partial charge on any atom is -0.192 e. The first-order valence-electron chi connectivity index (χ1n) is 10.4. The summed E-state index contributed by atoms with van der Waals surface area (Å²) in [6.45, 7) is 11.2. The zero-order valence-corrected chi connectivity index (χ0v) is 18.4. The van der Waals surface area contributed by atoms with Crippen molar-refractivity contribution in [2.75, 3.05) is 0 Å². The normalized spacial score (nSPS) is 11.5. The Morgan fingerprint density at radius 2 is 1.27 bits per heavy atom. The molecule has 0 N–H and O–H groups in total. The molecule has 148 valence electrons. The second-order valence-corrected chi connectivity index (χ2v) is 9.13. The van der Waals surface area contributed by atoms with E-state index in [4.69, 9.17) is 0 Å². The SMILES string of the molecule is Cc1cc(-c2ccc(C#N)c3ccccc23)ccc1-c1ccc(C(C)(C)C)c(C)c1. The maximum Gasteiger partial charge on any atom is 0.0998 e. The average molecular weight is 390 g/mol. The topological polar surface area (TPSA) is 23.8 Å². The zero-order chi connectivity index (χ0) is 21.5. The van der Waals surface area contributed by atoms with Crippen molar-refractivity contribution in [2.45, 2.75) is 40.0 Å². The van der Waals surface area contributed by atoms with Gasteiger partial charge in [-0.05, 0) is 69.7 Å². The van der Waals surface area contributed by atoms with E-state index in [0.29, 0.717) is 0 Å². The molecule has 0 heterocycles. The lowest BCUT2D eigenvalue weighted by Gasteiger charge is -2.22. The summed E-state index contributed by atoms with van der Waals surface area (Å²) in [6.07, 6.45) is 0. The molecule has 4 aromatic carbocycles. The van der Waals surface area contributed by atoms with Crippen LogP contribution in [0, 0.1) is 25.2 Å². The van der Waals surface area contributed by atoms with Crippen LogP contribution in [0.1, 0.15) is 43.0 Å². The molecule has 0 amide bonds. The van der Waals surface area contributed by atoms with E-state index in [1.54, 1.807) is 0 Å². The van der Waals surface area contributed by atoms with Crippen molar-refractivity contribution in [3.63, 3.8) is 0 Å². The monoisotopic (exact) mass is 389 g/mol. The number of rotatable bonds is 2. The van der Waals surface area contributed by atoms with Crippen LogP contribution in [-0.4, -0.2) is 0 Å². The number of hydrogen-bond donors (Lipinski definition) is 0. The van der Waals surface area contributed by atoms with Gasteiger partial charge in [-0.15, -0.1) is 0 Å². The number of nitrogens with zero attached hydrogens (tertiary/aromatic N) is 1. The minimum absolute atomic E-state index is 0.151. The molecule has 0 fully saturated rings. The number of benzene rings is 4. The predicted molar refractivity (Wildman–Crippen MR) is 128 cm³/mol. The molecule has 0 radical (unpaired) electrons. The minimum atomic E-state index is 0.151. The first-order valence-corrected chi connectivity index (χ1v) is 10.4. The van der Waals surface area contributed by atoms with Crippen LogP contribution >= 0.6 is 0 Å². The van der Waals surface area contributed by atoms with E-state index in [-0.39, 0.29) is 5.41 Å². The van der Waals surface area contributed by atoms with Gasteiger partial charge in [0.1, 0.15) is 0 Å². The molecule has 0 saturated heterocycles. The van der Waals surface area contributed by atoms with Crippen LogP contribution in [0.15, 0.2) is 72.8 Å². The molecule has 0 aliphatic heterocycles. The fourth-order valence-corrected chi connectivity index (χ4v) is 4.48. The summed E-state index contributed by atoms with van der Waals surface area (Å²) in [5.74, 6) is 0. The Bertz CT molecular complexity index is 1300. The highest BCUT2D eigenvalue weighted by Gasteiger charge is 2.17. The van der Waals surface area contributed by atoms with Gasteiger partial charge in [-0.3, -0.25) is 0 Å². The molecule has 0 aliphatic carbocycles. The van der Waals surface area contributed by atoms with Crippen LogP contribution in [-0.2, 0) is 5.41 Å². The van der Waals surface area contributed by atoms with Crippen molar-refractivity contribution in [1.29, 1.82) is 5.26 Å². The van der Waals surface area contributed by atoms with Gasteiger partial charge in [-0.2, -0.15) is 5.26 Å². The van der Waals surface area contributed by atoms with Crippen molar-refractivity contribution in [2.24, 2.45) is 0 Å². The predicted octanol–water partition coefficient (Wildman–Crippen LogP) is 7.96. The third-order valence-electron chi connectivity index (χ3n) is 5.93. The van der Waals surface area contributed by atoms with Gasteiger partial charge in [0.05, 0.1) is 11.6 Å². The molecule has 30 heavy (non-hydrogen) atoms. The van der Waals surface area contributed by atoms with E-state index in [1.165, 1.54) is 38.9 Å². The lowest BCUT2D eigenvalue weighted by atomic mass is 9.82. The number of hydrogen-bond acceptors (Lipinski definition) is 1. The Labute approximate surface area is 179 Å². The van der Waals surface area contributed by atoms with E-state index in [2.05, 4.69) is 89.2 Å². The molecule has 1 nitrogen and oxygen atoms in total. The molecule has 0 bridgehead atoms. The fourth-order valence-electron chi connectivity index (χ4n) is 4.48. The molecule has 0 saturated carbocycles.